The summed E-state index contributed by atoms with van der Waals surface area (Å²) in [4.78, 5) is 10.6. The highest BCUT2D eigenvalue weighted by atomic mass is 16.4. The van der Waals surface area contributed by atoms with Crippen LogP contribution in [0.2, 0.25) is 0 Å². The van der Waals surface area contributed by atoms with Gasteiger partial charge in [-0.2, -0.15) is 0 Å². The highest BCUT2D eigenvalue weighted by Gasteiger charge is 2.27. The Kier molecular flexibility index (Phi) is 6.86. The maximum atomic E-state index is 10.6. The Morgan fingerprint density at radius 1 is 1.32 bits per heavy atom. The van der Waals surface area contributed by atoms with E-state index in [1.807, 2.05) is 13.0 Å². The monoisotopic (exact) mass is 302 g/mol. The summed E-state index contributed by atoms with van der Waals surface area (Å²) in [5.74, 6) is -0.875. The molecule has 0 unspecified atom stereocenters. The van der Waals surface area contributed by atoms with Crippen LogP contribution in [-0.4, -0.2) is 11.1 Å². The fraction of sp³-hybridized carbons (Fsp3) is 0.550. The summed E-state index contributed by atoms with van der Waals surface area (Å²) in [5.41, 5.74) is 5.58. The van der Waals surface area contributed by atoms with Gasteiger partial charge in [0.15, 0.2) is 0 Å². The maximum absolute atomic E-state index is 10.6. The highest BCUT2D eigenvalue weighted by molar-refractivity contribution is 5.80. The molecule has 0 spiro atoms. The SMILES string of the molecule is CC(C=CCC(C)=CC(=O)O)=CCC1=C(C)CCCC1(C)C. The first-order valence-electron chi connectivity index (χ1n) is 8.15. The van der Waals surface area contributed by atoms with E-state index in [0.717, 1.165) is 12.0 Å². The zero-order valence-corrected chi connectivity index (χ0v) is 14.7. The van der Waals surface area contributed by atoms with Gasteiger partial charge >= 0.3 is 5.97 Å². The van der Waals surface area contributed by atoms with E-state index in [1.54, 1.807) is 11.1 Å². The number of carboxylic acid groups (broad SMARTS) is 1. The minimum Gasteiger partial charge on any atom is -0.478 e. The van der Waals surface area contributed by atoms with Gasteiger partial charge in [-0.25, -0.2) is 4.79 Å². The summed E-state index contributed by atoms with van der Waals surface area (Å²) in [5, 5.41) is 8.68. The molecule has 0 amide bonds. The summed E-state index contributed by atoms with van der Waals surface area (Å²) in [6.45, 7) is 10.9. The van der Waals surface area contributed by atoms with Crippen molar-refractivity contribution in [2.75, 3.05) is 0 Å². The smallest absolute Gasteiger partial charge is 0.328 e. The lowest BCUT2D eigenvalue weighted by molar-refractivity contribution is -0.131. The van der Waals surface area contributed by atoms with E-state index in [1.165, 1.54) is 30.9 Å². The van der Waals surface area contributed by atoms with Crippen molar-refractivity contribution in [2.45, 2.75) is 66.7 Å². The number of hydrogen-bond donors (Lipinski definition) is 1. The summed E-state index contributed by atoms with van der Waals surface area (Å²) in [6, 6.07) is 0. The van der Waals surface area contributed by atoms with E-state index in [0.29, 0.717) is 11.8 Å². The van der Waals surface area contributed by atoms with E-state index < -0.39 is 5.97 Å². The zero-order chi connectivity index (χ0) is 16.8. The predicted molar refractivity (Wildman–Crippen MR) is 93.9 cm³/mol. The quantitative estimate of drug-likeness (QED) is 0.381. The molecule has 0 atom stereocenters. The van der Waals surface area contributed by atoms with Crippen LogP contribution in [0, 0.1) is 5.41 Å². The molecule has 0 radical (unpaired) electrons. The van der Waals surface area contributed by atoms with Crippen LogP contribution in [0.5, 0.6) is 0 Å². The first kappa shape index (κ1) is 18.5. The molecule has 1 rings (SSSR count). The van der Waals surface area contributed by atoms with Gasteiger partial charge < -0.3 is 5.11 Å². The van der Waals surface area contributed by atoms with Gasteiger partial charge in [0.2, 0.25) is 0 Å². The van der Waals surface area contributed by atoms with Gasteiger partial charge in [-0.15, -0.1) is 0 Å². The van der Waals surface area contributed by atoms with Crippen LogP contribution in [0.3, 0.4) is 0 Å². The van der Waals surface area contributed by atoms with E-state index in [4.69, 9.17) is 5.11 Å². The van der Waals surface area contributed by atoms with Gasteiger partial charge in [-0.05, 0) is 58.3 Å². The second kappa shape index (κ2) is 8.17. The number of rotatable bonds is 6. The van der Waals surface area contributed by atoms with E-state index >= 15 is 0 Å². The van der Waals surface area contributed by atoms with E-state index in [2.05, 4.69) is 39.8 Å². The number of carboxylic acids is 1. The Labute approximate surface area is 135 Å². The molecule has 1 N–H and O–H groups in total. The average Bonchev–Trinajstić information content (AvgIpc) is 2.36. The molecule has 2 heteroatoms. The molecule has 22 heavy (non-hydrogen) atoms. The number of aliphatic carboxylic acids is 1. The molecule has 0 aliphatic heterocycles. The van der Waals surface area contributed by atoms with Gasteiger partial charge in [0.1, 0.15) is 0 Å². The van der Waals surface area contributed by atoms with Gasteiger partial charge in [0.05, 0.1) is 0 Å². The Balaban J connectivity index is 2.64. The minimum absolute atomic E-state index is 0.323. The minimum atomic E-state index is -0.875. The first-order chi connectivity index (χ1) is 10.2. The molecule has 0 saturated carbocycles. The highest BCUT2D eigenvalue weighted by Crippen LogP contribution is 2.41. The summed E-state index contributed by atoms with van der Waals surface area (Å²) < 4.78 is 0. The zero-order valence-electron chi connectivity index (χ0n) is 14.7. The standard InChI is InChI=1S/C20H30O2/c1-15(8-6-9-16(2)14-19(21)22)11-12-18-17(3)10-7-13-20(18,4)5/h6,8,11,14H,7,9-10,12-13H2,1-5H3,(H,21,22). The van der Waals surface area contributed by atoms with Crippen molar-refractivity contribution in [3.63, 3.8) is 0 Å². The number of carbonyl (C=O) groups is 1. The van der Waals surface area contributed by atoms with Crippen LogP contribution < -0.4 is 0 Å². The molecule has 0 aromatic rings. The Morgan fingerprint density at radius 2 is 2.00 bits per heavy atom. The molecule has 0 bridgehead atoms. The fourth-order valence-electron chi connectivity index (χ4n) is 3.16. The molecule has 122 valence electrons. The van der Waals surface area contributed by atoms with Crippen LogP contribution in [0.1, 0.15) is 66.7 Å². The van der Waals surface area contributed by atoms with Crippen LogP contribution in [-0.2, 0) is 4.79 Å². The molecular formula is C20H30O2. The predicted octanol–water partition coefficient (Wildman–Crippen LogP) is 5.83. The van der Waals surface area contributed by atoms with Crippen LogP contribution in [0.4, 0.5) is 0 Å². The Bertz CT molecular complexity index is 528. The van der Waals surface area contributed by atoms with E-state index in [-0.39, 0.29) is 0 Å². The number of hydrogen-bond acceptors (Lipinski definition) is 1. The first-order valence-corrected chi connectivity index (χ1v) is 8.15. The van der Waals surface area contributed by atoms with Crippen molar-refractivity contribution in [3.8, 4) is 0 Å². The molecule has 0 aromatic carbocycles. The van der Waals surface area contributed by atoms with Crippen molar-refractivity contribution in [3.05, 3.63) is 46.6 Å². The molecular weight excluding hydrogens is 272 g/mol. The summed E-state index contributed by atoms with van der Waals surface area (Å²) in [7, 11) is 0. The molecule has 0 heterocycles. The van der Waals surface area contributed by atoms with Gasteiger partial charge in [-0.3, -0.25) is 0 Å². The fourth-order valence-corrected chi connectivity index (χ4v) is 3.16. The van der Waals surface area contributed by atoms with E-state index in [9.17, 15) is 4.79 Å². The second-order valence-corrected chi connectivity index (χ2v) is 7.08. The third-order valence-corrected chi connectivity index (χ3v) is 4.50. The normalized spacial score (nSPS) is 19.9. The van der Waals surface area contributed by atoms with Crippen molar-refractivity contribution >= 4 is 5.97 Å². The molecule has 0 aromatic heterocycles. The summed E-state index contributed by atoms with van der Waals surface area (Å²) in [6.07, 6.45) is 13.2. The lowest BCUT2D eigenvalue weighted by Crippen LogP contribution is -2.20. The molecule has 1 aliphatic carbocycles. The van der Waals surface area contributed by atoms with Crippen LogP contribution in [0.15, 0.2) is 46.6 Å². The average molecular weight is 302 g/mol. The number of allylic oxidation sites excluding steroid dienone is 7. The lowest BCUT2D eigenvalue weighted by atomic mass is 9.71. The van der Waals surface area contributed by atoms with Crippen molar-refractivity contribution in [1.29, 1.82) is 0 Å². The molecule has 1 aliphatic rings. The molecule has 2 nitrogen and oxygen atoms in total. The lowest BCUT2D eigenvalue weighted by Gasteiger charge is -2.34. The Morgan fingerprint density at radius 3 is 2.59 bits per heavy atom. The van der Waals surface area contributed by atoms with Crippen LogP contribution >= 0.6 is 0 Å². The van der Waals surface area contributed by atoms with Gasteiger partial charge in [0, 0.05) is 6.08 Å². The van der Waals surface area contributed by atoms with Crippen molar-refractivity contribution < 1.29 is 9.90 Å². The third-order valence-electron chi connectivity index (χ3n) is 4.50. The Hall–Kier alpha value is -1.57. The molecule has 0 saturated heterocycles. The largest absolute Gasteiger partial charge is 0.478 e. The second-order valence-electron chi connectivity index (χ2n) is 7.08. The third kappa shape index (κ3) is 6.05. The van der Waals surface area contributed by atoms with Gasteiger partial charge in [-0.1, -0.05) is 54.4 Å². The summed E-state index contributed by atoms with van der Waals surface area (Å²) >= 11 is 0. The van der Waals surface area contributed by atoms with Crippen LogP contribution in [0.25, 0.3) is 0 Å². The van der Waals surface area contributed by atoms with Gasteiger partial charge in [0.25, 0.3) is 0 Å². The maximum Gasteiger partial charge on any atom is 0.328 e. The van der Waals surface area contributed by atoms with Crippen molar-refractivity contribution in [1.82, 2.24) is 0 Å². The molecule has 0 fully saturated rings. The van der Waals surface area contributed by atoms with Crippen molar-refractivity contribution in [2.24, 2.45) is 5.41 Å². The topological polar surface area (TPSA) is 37.3 Å².